The maximum absolute atomic E-state index is 14.8. The Hall–Kier alpha value is -7.46. The van der Waals surface area contributed by atoms with Crippen molar-refractivity contribution in [2.75, 3.05) is 45.2 Å². The molecular formula is C48H69N15O11S2. The average Bonchev–Trinajstić information content (AvgIpc) is 3.88. The fraction of sp³-hybridized carbons (Fsp3) is 0.500. The number of benzene rings is 2. The first kappa shape index (κ1) is 61.1. The number of likely N-dealkylation sites (tertiary alicyclic amines) is 1. The molecule has 8 atom stereocenters. The molecule has 0 saturated carbocycles. The molecule has 0 aliphatic carbocycles. The lowest BCUT2D eigenvalue weighted by Gasteiger charge is -2.36. The standard InChI is InChI=1S/C48H69N15O11S2/c1-61-35(21-27-11-5-3-6-12-27)44(71)58-31(17-18-37(50)64)41(68)59-32(23-38(51)65)42(69)60-33(26-76-75-25-29(49)45(72)62(2)36(47(61)74)22-28-13-7-4-8-14-28)46(73)63-20-10-16-34(63)43(70)57-30(15-9-19-55-48(53)54)40(67)56-24-39(52)66/h3-8,11-14,29-36H,9-10,15-26,49H2,1-2H3,(H2,50,64)(H2,51,65)(H2,52,66)(H,56,67)(H,57,70)(H,58,71)(H,59,68)(H,60,69)(H4,53,54,55)/t29-,30-,31-,32-,33-,34-,35+,36+/m0/s1. The van der Waals surface area contributed by atoms with E-state index in [-0.39, 0.29) is 62.7 Å². The first-order valence-corrected chi connectivity index (χ1v) is 26.9. The van der Waals surface area contributed by atoms with Crippen LogP contribution in [0.3, 0.4) is 0 Å². The number of rotatable bonds is 19. The zero-order valence-corrected chi connectivity index (χ0v) is 44.0. The molecule has 26 nitrogen and oxygen atoms in total. The number of hydrogen-bond donors (Lipinski definition) is 11. The van der Waals surface area contributed by atoms with E-state index in [9.17, 15) is 52.7 Å². The van der Waals surface area contributed by atoms with Crippen molar-refractivity contribution in [2.24, 2.45) is 39.4 Å². The van der Waals surface area contributed by atoms with Gasteiger partial charge < -0.3 is 75.7 Å². The van der Waals surface area contributed by atoms with Crippen LogP contribution in [0.1, 0.15) is 56.1 Å². The van der Waals surface area contributed by atoms with Gasteiger partial charge in [-0.25, -0.2) is 0 Å². The molecule has 2 fully saturated rings. The zero-order valence-electron chi connectivity index (χ0n) is 42.4. The van der Waals surface area contributed by atoms with Crippen molar-refractivity contribution in [3.63, 3.8) is 0 Å². The smallest absolute Gasteiger partial charge is 0.246 e. The van der Waals surface area contributed by atoms with Crippen molar-refractivity contribution in [2.45, 2.75) is 106 Å². The molecule has 76 heavy (non-hydrogen) atoms. The Morgan fingerprint density at radius 1 is 0.724 bits per heavy atom. The summed E-state index contributed by atoms with van der Waals surface area (Å²) in [5.74, 6) is -9.84. The van der Waals surface area contributed by atoms with Gasteiger partial charge in [0.25, 0.3) is 0 Å². The van der Waals surface area contributed by atoms with Gasteiger partial charge in [-0.15, -0.1) is 0 Å². The highest BCUT2D eigenvalue weighted by Gasteiger charge is 2.42. The van der Waals surface area contributed by atoms with E-state index in [2.05, 4.69) is 31.6 Å². The van der Waals surface area contributed by atoms with Crippen LogP contribution >= 0.6 is 21.6 Å². The molecule has 2 heterocycles. The molecule has 0 radical (unpaired) electrons. The molecule has 2 aliphatic rings. The average molecular weight is 1100 g/mol. The van der Waals surface area contributed by atoms with Gasteiger partial charge in [0, 0.05) is 58.0 Å². The molecule has 0 unspecified atom stereocenters. The van der Waals surface area contributed by atoms with E-state index in [4.69, 9.17) is 34.4 Å². The number of hydrogen-bond acceptors (Lipinski definition) is 15. The molecule has 0 aromatic heterocycles. The normalized spacial score (nSPS) is 22.8. The molecule has 2 aliphatic heterocycles. The van der Waals surface area contributed by atoms with Gasteiger partial charge in [-0.3, -0.25) is 57.7 Å². The van der Waals surface area contributed by atoms with Crippen molar-refractivity contribution in [1.82, 2.24) is 41.3 Å². The molecule has 4 rings (SSSR count). The Labute approximate surface area is 447 Å². The molecule has 2 aromatic rings. The third kappa shape index (κ3) is 19.0. The molecule has 11 amide bonds. The van der Waals surface area contributed by atoms with Crippen LogP contribution < -0.4 is 61.0 Å². The minimum atomic E-state index is -1.78. The quantitative estimate of drug-likeness (QED) is 0.0274. The van der Waals surface area contributed by atoms with Crippen molar-refractivity contribution >= 4 is 92.5 Å². The van der Waals surface area contributed by atoms with Crippen LogP contribution in [0.15, 0.2) is 65.7 Å². The fourth-order valence-corrected chi connectivity index (χ4v) is 10.6. The predicted molar refractivity (Wildman–Crippen MR) is 283 cm³/mol. The number of nitrogens with two attached hydrogens (primary N) is 6. The summed E-state index contributed by atoms with van der Waals surface area (Å²) in [6, 6.07) is 6.44. The number of aliphatic imine (C=N–C) groups is 1. The van der Waals surface area contributed by atoms with Crippen LogP contribution in [0.4, 0.5) is 0 Å². The topological polar surface area (TPSA) is 426 Å². The molecule has 2 saturated heterocycles. The lowest BCUT2D eigenvalue weighted by Crippen LogP contribution is -2.61. The SMILES string of the molecule is CN1C(=O)[C@@H](Cc2ccccc2)N(C)C(=O)[C@@H](N)CSSC[C@@H](C(=O)N2CCC[C@H]2C(=O)N[C@@H](CCCN=C(N)N)C(=O)NCC(N)=O)NC(=O)[C@H](CC(N)=O)NC(=O)[C@H](CCC(N)=O)NC(=O)[C@H]1Cc1ccccc1. The minimum Gasteiger partial charge on any atom is -0.370 e. The Morgan fingerprint density at radius 2 is 1.30 bits per heavy atom. The van der Waals surface area contributed by atoms with E-state index in [1.165, 1.54) is 28.8 Å². The molecule has 0 bridgehead atoms. The highest BCUT2D eigenvalue weighted by molar-refractivity contribution is 8.76. The summed E-state index contributed by atoms with van der Waals surface area (Å²) in [5, 5.41) is 12.6. The van der Waals surface area contributed by atoms with Crippen LogP contribution in [0.2, 0.25) is 0 Å². The van der Waals surface area contributed by atoms with Gasteiger partial charge in [0.2, 0.25) is 65.0 Å². The summed E-state index contributed by atoms with van der Waals surface area (Å²) in [7, 11) is 4.88. The van der Waals surface area contributed by atoms with Crippen molar-refractivity contribution in [1.29, 1.82) is 0 Å². The zero-order chi connectivity index (χ0) is 56.1. The molecular weight excluding hydrogens is 1030 g/mol. The number of amides is 11. The Morgan fingerprint density at radius 3 is 1.89 bits per heavy atom. The van der Waals surface area contributed by atoms with Gasteiger partial charge in [-0.1, -0.05) is 82.3 Å². The summed E-state index contributed by atoms with van der Waals surface area (Å²) in [4.78, 5) is 158. The van der Waals surface area contributed by atoms with Gasteiger partial charge >= 0.3 is 0 Å². The van der Waals surface area contributed by atoms with E-state index < -0.39 is 139 Å². The Balaban J connectivity index is 1.75. The number of primary amides is 3. The fourth-order valence-electron chi connectivity index (χ4n) is 8.38. The van der Waals surface area contributed by atoms with Crippen LogP contribution in [0.5, 0.6) is 0 Å². The van der Waals surface area contributed by atoms with Crippen LogP contribution in [-0.4, -0.2) is 179 Å². The highest BCUT2D eigenvalue weighted by atomic mass is 33.1. The van der Waals surface area contributed by atoms with Gasteiger partial charge in [-0.05, 0) is 43.2 Å². The van der Waals surface area contributed by atoms with Gasteiger partial charge in [-0.2, -0.15) is 0 Å². The lowest BCUT2D eigenvalue weighted by atomic mass is 9.99. The summed E-state index contributed by atoms with van der Waals surface area (Å²) >= 11 is 0. The van der Waals surface area contributed by atoms with Crippen molar-refractivity contribution < 1.29 is 52.7 Å². The second-order valence-corrected chi connectivity index (χ2v) is 20.8. The molecule has 28 heteroatoms. The van der Waals surface area contributed by atoms with Crippen molar-refractivity contribution in [3.8, 4) is 0 Å². The number of guanidine groups is 1. The van der Waals surface area contributed by atoms with Gasteiger partial charge in [0.15, 0.2) is 5.96 Å². The van der Waals surface area contributed by atoms with Gasteiger partial charge in [0.05, 0.1) is 19.0 Å². The second-order valence-electron chi connectivity index (χ2n) is 18.2. The second kappa shape index (κ2) is 30.2. The van der Waals surface area contributed by atoms with Crippen LogP contribution in [-0.2, 0) is 65.6 Å². The minimum absolute atomic E-state index is 0.00696. The summed E-state index contributed by atoms with van der Waals surface area (Å²) in [6.45, 7) is -0.414. The van der Waals surface area contributed by atoms with Gasteiger partial charge in [0.1, 0.15) is 42.3 Å². The van der Waals surface area contributed by atoms with E-state index in [0.29, 0.717) is 17.5 Å². The maximum atomic E-state index is 14.8. The first-order valence-electron chi connectivity index (χ1n) is 24.4. The van der Waals surface area contributed by atoms with Crippen molar-refractivity contribution in [3.05, 3.63) is 71.8 Å². The first-order chi connectivity index (χ1) is 36.1. The summed E-state index contributed by atoms with van der Waals surface area (Å²) in [5.41, 5.74) is 34.9. The lowest BCUT2D eigenvalue weighted by molar-refractivity contribution is -0.148. The maximum Gasteiger partial charge on any atom is 0.246 e. The number of carbonyl (C=O) groups excluding carboxylic acids is 11. The Bertz CT molecular complexity index is 2440. The number of nitrogens with zero attached hydrogens (tertiary/aromatic N) is 4. The summed E-state index contributed by atoms with van der Waals surface area (Å²) in [6.07, 6.45) is -1.07. The number of nitrogens with one attached hydrogen (secondary N) is 5. The van der Waals surface area contributed by atoms with Crippen LogP contribution in [0.25, 0.3) is 0 Å². The van der Waals surface area contributed by atoms with E-state index in [1.807, 2.05) is 0 Å². The summed E-state index contributed by atoms with van der Waals surface area (Å²) < 4.78 is 0. The van der Waals surface area contributed by atoms with E-state index >= 15 is 0 Å². The molecule has 2 aromatic carbocycles. The van der Waals surface area contributed by atoms with E-state index in [1.54, 1.807) is 60.7 Å². The highest BCUT2D eigenvalue weighted by Crippen LogP contribution is 2.27. The molecule has 0 spiro atoms. The largest absolute Gasteiger partial charge is 0.370 e. The van der Waals surface area contributed by atoms with E-state index in [0.717, 1.165) is 21.6 Å². The molecule has 17 N–H and O–H groups in total. The third-order valence-corrected chi connectivity index (χ3v) is 14.9. The van der Waals surface area contributed by atoms with Crippen LogP contribution in [0, 0.1) is 0 Å². The Kier molecular flexibility index (Phi) is 24.3. The third-order valence-electron chi connectivity index (χ3n) is 12.5. The number of carbonyl (C=O) groups is 11. The predicted octanol–water partition coefficient (Wildman–Crippen LogP) is -4.43. The monoisotopic (exact) mass is 1100 g/mol. The number of likely N-dealkylation sites (N-methyl/N-ethyl adjacent to an activating group) is 2. The molecule has 414 valence electrons.